The summed E-state index contributed by atoms with van der Waals surface area (Å²) in [6.45, 7) is -1.92. The van der Waals surface area contributed by atoms with Crippen molar-refractivity contribution < 1.29 is 27.4 Å². The fourth-order valence-corrected chi connectivity index (χ4v) is 1.53. The number of hydrogen-bond acceptors (Lipinski definition) is 2. The third-order valence-corrected chi connectivity index (χ3v) is 2.49. The third kappa shape index (κ3) is 5.20. The minimum absolute atomic E-state index is 0.0749. The second kappa shape index (κ2) is 6.36. The first kappa shape index (κ1) is 15.2. The molecule has 1 atom stereocenters. The van der Waals surface area contributed by atoms with E-state index in [1.54, 1.807) is 0 Å². The lowest BCUT2D eigenvalue weighted by atomic mass is 10.1. The second-order valence-electron chi connectivity index (χ2n) is 3.70. The van der Waals surface area contributed by atoms with E-state index >= 15 is 0 Å². The summed E-state index contributed by atoms with van der Waals surface area (Å²) in [7, 11) is 0. The SMILES string of the molecule is OC(COCC(F)(F)F)Cc1cccc(F)c1Cl. The molecule has 102 valence electrons. The molecule has 1 unspecified atom stereocenters. The van der Waals surface area contributed by atoms with Crippen molar-refractivity contribution in [3.05, 3.63) is 34.6 Å². The molecule has 1 aromatic carbocycles. The lowest BCUT2D eigenvalue weighted by molar-refractivity contribution is -0.179. The van der Waals surface area contributed by atoms with Gasteiger partial charge in [-0.25, -0.2) is 4.39 Å². The van der Waals surface area contributed by atoms with Gasteiger partial charge in [-0.2, -0.15) is 13.2 Å². The Morgan fingerprint density at radius 3 is 2.61 bits per heavy atom. The van der Waals surface area contributed by atoms with Crippen LogP contribution in [0.2, 0.25) is 5.02 Å². The van der Waals surface area contributed by atoms with Gasteiger partial charge in [0.1, 0.15) is 12.4 Å². The Bertz CT molecular complexity index is 395. The second-order valence-corrected chi connectivity index (χ2v) is 4.08. The zero-order valence-corrected chi connectivity index (χ0v) is 9.93. The van der Waals surface area contributed by atoms with Crippen molar-refractivity contribution in [1.82, 2.24) is 0 Å². The van der Waals surface area contributed by atoms with Crippen LogP contribution in [0.25, 0.3) is 0 Å². The summed E-state index contributed by atoms with van der Waals surface area (Å²) in [5, 5.41) is 9.30. The van der Waals surface area contributed by atoms with Gasteiger partial charge in [-0.15, -0.1) is 0 Å². The lowest BCUT2D eigenvalue weighted by Gasteiger charge is -2.13. The number of rotatable bonds is 5. The monoisotopic (exact) mass is 286 g/mol. The standard InChI is InChI=1S/C11H11ClF4O2/c12-10-7(2-1-3-9(10)13)4-8(17)5-18-6-11(14,15)16/h1-3,8,17H,4-6H2. The maximum absolute atomic E-state index is 13.0. The van der Waals surface area contributed by atoms with Crippen LogP contribution in [0, 0.1) is 5.82 Å². The first-order valence-electron chi connectivity index (χ1n) is 5.05. The van der Waals surface area contributed by atoms with E-state index in [0.717, 1.165) is 6.07 Å². The molecule has 0 amide bonds. The molecular weight excluding hydrogens is 276 g/mol. The van der Waals surface area contributed by atoms with Crippen LogP contribution in [0.4, 0.5) is 17.6 Å². The third-order valence-electron chi connectivity index (χ3n) is 2.06. The summed E-state index contributed by atoms with van der Waals surface area (Å²) >= 11 is 5.64. The minimum Gasteiger partial charge on any atom is -0.390 e. The van der Waals surface area contributed by atoms with E-state index < -0.39 is 31.3 Å². The van der Waals surface area contributed by atoms with Crippen molar-refractivity contribution in [1.29, 1.82) is 0 Å². The van der Waals surface area contributed by atoms with Crippen LogP contribution in [-0.4, -0.2) is 30.6 Å². The van der Waals surface area contributed by atoms with Crippen molar-refractivity contribution in [2.45, 2.75) is 18.7 Å². The number of alkyl halides is 3. The predicted octanol–water partition coefficient (Wildman–Crippen LogP) is 2.96. The van der Waals surface area contributed by atoms with E-state index in [1.807, 2.05) is 0 Å². The number of ether oxygens (including phenoxy) is 1. The van der Waals surface area contributed by atoms with Crippen molar-refractivity contribution in [3.8, 4) is 0 Å². The Morgan fingerprint density at radius 1 is 1.33 bits per heavy atom. The van der Waals surface area contributed by atoms with E-state index in [9.17, 15) is 22.7 Å². The molecule has 0 radical (unpaired) electrons. The molecular formula is C11H11ClF4O2. The van der Waals surface area contributed by atoms with E-state index in [4.69, 9.17) is 11.6 Å². The lowest BCUT2D eigenvalue weighted by Crippen LogP contribution is -2.24. The quantitative estimate of drug-likeness (QED) is 0.843. The summed E-state index contributed by atoms with van der Waals surface area (Å²) in [5.74, 6) is -0.641. The highest BCUT2D eigenvalue weighted by atomic mass is 35.5. The van der Waals surface area contributed by atoms with E-state index in [1.165, 1.54) is 12.1 Å². The van der Waals surface area contributed by atoms with Crippen LogP contribution < -0.4 is 0 Å². The number of hydrogen-bond donors (Lipinski definition) is 1. The van der Waals surface area contributed by atoms with Crippen LogP contribution in [0.3, 0.4) is 0 Å². The maximum Gasteiger partial charge on any atom is 0.411 e. The average molecular weight is 287 g/mol. The normalized spacial score (nSPS) is 13.7. The number of aliphatic hydroxyl groups is 1. The van der Waals surface area contributed by atoms with Crippen LogP contribution >= 0.6 is 11.6 Å². The highest BCUT2D eigenvalue weighted by Crippen LogP contribution is 2.21. The zero-order valence-electron chi connectivity index (χ0n) is 9.18. The molecule has 18 heavy (non-hydrogen) atoms. The van der Waals surface area contributed by atoms with Gasteiger partial charge in [0.05, 0.1) is 17.7 Å². The Balaban J connectivity index is 2.45. The molecule has 0 aliphatic carbocycles. The summed E-state index contributed by atoms with van der Waals surface area (Å²) in [5.41, 5.74) is 0.319. The van der Waals surface area contributed by atoms with Gasteiger partial charge in [-0.3, -0.25) is 0 Å². The molecule has 1 aromatic rings. The van der Waals surface area contributed by atoms with Crippen LogP contribution in [0.15, 0.2) is 18.2 Å². The molecule has 0 spiro atoms. The summed E-state index contributed by atoms with van der Waals surface area (Å²) in [6, 6.07) is 4.04. The van der Waals surface area contributed by atoms with Gasteiger partial charge in [0.15, 0.2) is 0 Å². The average Bonchev–Trinajstić information content (AvgIpc) is 2.23. The number of halogens is 5. The molecule has 0 fully saturated rings. The molecule has 0 saturated heterocycles. The summed E-state index contributed by atoms with van der Waals surface area (Å²) in [4.78, 5) is 0. The fourth-order valence-electron chi connectivity index (χ4n) is 1.33. The Labute approximate surface area is 106 Å². The van der Waals surface area contributed by atoms with Crippen LogP contribution in [0.1, 0.15) is 5.56 Å². The van der Waals surface area contributed by atoms with Crippen LogP contribution in [-0.2, 0) is 11.2 Å². The molecule has 0 saturated carbocycles. The molecule has 0 aromatic heterocycles. The minimum atomic E-state index is -4.43. The Hall–Kier alpha value is -0.850. The van der Waals surface area contributed by atoms with Gasteiger partial charge in [0.2, 0.25) is 0 Å². The highest BCUT2D eigenvalue weighted by Gasteiger charge is 2.27. The molecule has 1 N–H and O–H groups in total. The number of benzene rings is 1. The van der Waals surface area contributed by atoms with Gasteiger partial charge in [-0.1, -0.05) is 23.7 Å². The van der Waals surface area contributed by atoms with Gasteiger partial charge in [0.25, 0.3) is 0 Å². The molecule has 7 heteroatoms. The molecule has 0 heterocycles. The van der Waals surface area contributed by atoms with E-state index in [2.05, 4.69) is 4.74 Å². The Kier molecular flexibility index (Phi) is 5.37. The zero-order chi connectivity index (χ0) is 13.8. The summed E-state index contributed by atoms with van der Waals surface area (Å²) in [6.07, 6.45) is -5.68. The number of aliphatic hydroxyl groups excluding tert-OH is 1. The largest absolute Gasteiger partial charge is 0.411 e. The van der Waals surface area contributed by atoms with E-state index in [0.29, 0.717) is 5.56 Å². The molecule has 0 aliphatic rings. The van der Waals surface area contributed by atoms with Gasteiger partial charge in [-0.05, 0) is 11.6 Å². The molecule has 1 rings (SSSR count). The molecule has 0 aliphatic heterocycles. The van der Waals surface area contributed by atoms with E-state index in [-0.39, 0.29) is 11.4 Å². The van der Waals surface area contributed by atoms with Crippen molar-refractivity contribution in [3.63, 3.8) is 0 Å². The highest BCUT2D eigenvalue weighted by molar-refractivity contribution is 6.31. The van der Waals surface area contributed by atoms with Crippen molar-refractivity contribution in [2.75, 3.05) is 13.2 Å². The van der Waals surface area contributed by atoms with Gasteiger partial charge < -0.3 is 9.84 Å². The van der Waals surface area contributed by atoms with Crippen LogP contribution in [0.5, 0.6) is 0 Å². The van der Waals surface area contributed by atoms with Crippen molar-refractivity contribution >= 4 is 11.6 Å². The smallest absolute Gasteiger partial charge is 0.390 e. The fraction of sp³-hybridized carbons (Fsp3) is 0.455. The molecule has 0 bridgehead atoms. The van der Waals surface area contributed by atoms with Gasteiger partial charge in [0, 0.05) is 6.42 Å². The van der Waals surface area contributed by atoms with Crippen molar-refractivity contribution in [2.24, 2.45) is 0 Å². The first-order chi connectivity index (χ1) is 8.29. The topological polar surface area (TPSA) is 29.5 Å². The maximum atomic E-state index is 13.0. The Morgan fingerprint density at radius 2 is 2.00 bits per heavy atom. The molecule has 2 nitrogen and oxygen atoms in total. The first-order valence-corrected chi connectivity index (χ1v) is 5.43. The summed E-state index contributed by atoms with van der Waals surface area (Å²) < 4.78 is 52.7. The predicted molar refractivity (Wildman–Crippen MR) is 58.0 cm³/mol. The van der Waals surface area contributed by atoms with Gasteiger partial charge >= 0.3 is 6.18 Å².